The zero-order valence-electron chi connectivity index (χ0n) is 10.7. The second-order valence-corrected chi connectivity index (χ2v) is 5.07. The molecule has 0 spiro atoms. The number of carbonyl (C=O) groups is 1. The van der Waals surface area contributed by atoms with Crippen LogP contribution >= 0.6 is 0 Å². The highest BCUT2D eigenvalue weighted by Crippen LogP contribution is 2.16. The molecule has 1 aromatic carbocycles. The lowest BCUT2D eigenvalue weighted by Crippen LogP contribution is -2.46. The number of fused-ring (bicyclic) bond motifs is 1. The summed E-state index contributed by atoms with van der Waals surface area (Å²) in [5.41, 5.74) is 8.39. The Morgan fingerprint density at radius 1 is 1.53 bits per heavy atom. The van der Waals surface area contributed by atoms with Gasteiger partial charge in [0.15, 0.2) is 12.0 Å². The third kappa shape index (κ3) is 2.61. The maximum atomic E-state index is 12.2. The van der Waals surface area contributed by atoms with E-state index in [4.69, 9.17) is 10.2 Å². The highest BCUT2D eigenvalue weighted by atomic mass is 16.3. The number of nitrogens with two attached hydrogens (primary N) is 1. The maximum absolute atomic E-state index is 12.2. The zero-order chi connectivity index (χ0) is 13.2. The summed E-state index contributed by atoms with van der Waals surface area (Å²) < 4.78 is 5.25. The van der Waals surface area contributed by atoms with Crippen LogP contribution in [0.25, 0.3) is 11.1 Å². The fourth-order valence-electron chi connectivity index (χ4n) is 2.53. The second-order valence-electron chi connectivity index (χ2n) is 5.07. The highest BCUT2D eigenvalue weighted by molar-refractivity contribution is 5.81. The van der Waals surface area contributed by atoms with E-state index < -0.39 is 0 Å². The molecule has 1 atom stereocenters. The Hall–Kier alpha value is -1.88. The summed E-state index contributed by atoms with van der Waals surface area (Å²) in [5, 5.41) is 0. The van der Waals surface area contributed by atoms with Gasteiger partial charge in [0.2, 0.25) is 5.91 Å². The summed E-state index contributed by atoms with van der Waals surface area (Å²) >= 11 is 0. The molecule has 1 aliphatic rings. The first-order chi connectivity index (χ1) is 9.22. The molecular weight excluding hydrogens is 242 g/mol. The van der Waals surface area contributed by atoms with Crippen molar-refractivity contribution in [3.05, 3.63) is 30.2 Å². The summed E-state index contributed by atoms with van der Waals surface area (Å²) in [4.78, 5) is 18.1. The van der Waals surface area contributed by atoms with Crippen molar-refractivity contribution in [1.29, 1.82) is 0 Å². The summed E-state index contributed by atoms with van der Waals surface area (Å²) in [6, 6.07) is 5.80. The van der Waals surface area contributed by atoms with Gasteiger partial charge in [-0.15, -0.1) is 0 Å². The third-order valence-electron chi connectivity index (χ3n) is 3.56. The number of oxazole rings is 1. The number of benzene rings is 1. The first-order valence-electron chi connectivity index (χ1n) is 6.58. The number of piperidine rings is 1. The molecule has 5 heteroatoms. The molecule has 1 aliphatic heterocycles. The molecule has 1 saturated heterocycles. The number of nitrogens with zero attached hydrogens (tertiary/aromatic N) is 2. The molecular formula is C14H17N3O2. The van der Waals surface area contributed by atoms with Gasteiger partial charge in [-0.1, -0.05) is 6.07 Å². The van der Waals surface area contributed by atoms with Gasteiger partial charge in [-0.25, -0.2) is 4.98 Å². The molecule has 0 radical (unpaired) electrons. The lowest BCUT2D eigenvalue weighted by atomic mass is 10.0. The molecule has 0 aliphatic carbocycles. The minimum absolute atomic E-state index is 0.120. The molecule has 1 amide bonds. The summed E-state index contributed by atoms with van der Waals surface area (Å²) in [6.45, 7) is 1.49. The lowest BCUT2D eigenvalue weighted by molar-refractivity contribution is -0.131. The Labute approximate surface area is 111 Å². The number of aromatic nitrogens is 1. The molecule has 1 fully saturated rings. The van der Waals surface area contributed by atoms with Crippen molar-refractivity contribution in [2.45, 2.75) is 25.3 Å². The van der Waals surface area contributed by atoms with E-state index in [0.717, 1.165) is 36.0 Å². The number of likely N-dealkylation sites (tertiary alicyclic amines) is 1. The molecule has 0 bridgehead atoms. The number of hydrogen-bond acceptors (Lipinski definition) is 4. The largest absolute Gasteiger partial charge is 0.443 e. The maximum Gasteiger partial charge on any atom is 0.227 e. The zero-order valence-corrected chi connectivity index (χ0v) is 10.7. The molecule has 2 N–H and O–H groups in total. The van der Waals surface area contributed by atoms with Gasteiger partial charge in [-0.3, -0.25) is 4.79 Å². The fraction of sp³-hybridized carbons (Fsp3) is 0.429. The third-order valence-corrected chi connectivity index (χ3v) is 3.56. The SMILES string of the molecule is NC1CCCN(C(=O)Cc2ccc3ncoc3c2)C1. The van der Waals surface area contributed by atoms with Crippen LogP contribution < -0.4 is 5.73 Å². The molecule has 5 nitrogen and oxygen atoms in total. The molecule has 19 heavy (non-hydrogen) atoms. The van der Waals surface area contributed by atoms with Gasteiger partial charge in [0.05, 0.1) is 6.42 Å². The second kappa shape index (κ2) is 5.01. The Bertz CT molecular complexity index is 593. The number of carbonyl (C=O) groups excluding carboxylic acids is 1. The van der Waals surface area contributed by atoms with Crippen LogP contribution in [0.5, 0.6) is 0 Å². The number of rotatable bonds is 2. The van der Waals surface area contributed by atoms with Gasteiger partial charge in [-0.2, -0.15) is 0 Å². The standard InChI is InChI=1S/C14H17N3O2/c15-11-2-1-5-17(8-11)14(18)7-10-3-4-12-13(6-10)19-9-16-12/h3-4,6,9,11H,1-2,5,7-8,15H2. The Morgan fingerprint density at radius 2 is 2.42 bits per heavy atom. The van der Waals surface area contributed by atoms with E-state index in [-0.39, 0.29) is 11.9 Å². The van der Waals surface area contributed by atoms with Crippen molar-refractivity contribution in [2.75, 3.05) is 13.1 Å². The van der Waals surface area contributed by atoms with Crippen molar-refractivity contribution < 1.29 is 9.21 Å². The minimum atomic E-state index is 0.120. The van der Waals surface area contributed by atoms with Gasteiger partial charge < -0.3 is 15.1 Å². The predicted molar refractivity (Wildman–Crippen MR) is 71.5 cm³/mol. The molecule has 3 rings (SSSR count). The van der Waals surface area contributed by atoms with Gasteiger partial charge in [0.1, 0.15) is 5.52 Å². The van der Waals surface area contributed by atoms with Crippen molar-refractivity contribution in [3.63, 3.8) is 0 Å². The van der Waals surface area contributed by atoms with Crippen LogP contribution in [0.4, 0.5) is 0 Å². The van der Waals surface area contributed by atoms with Gasteiger partial charge >= 0.3 is 0 Å². The highest BCUT2D eigenvalue weighted by Gasteiger charge is 2.21. The molecule has 2 aromatic rings. The summed E-state index contributed by atoms with van der Waals surface area (Å²) in [5.74, 6) is 0.133. The fourth-order valence-corrected chi connectivity index (χ4v) is 2.53. The summed E-state index contributed by atoms with van der Waals surface area (Å²) in [6.07, 6.45) is 3.81. The van der Waals surface area contributed by atoms with E-state index in [1.54, 1.807) is 0 Å². The number of hydrogen-bond donors (Lipinski definition) is 1. The monoisotopic (exact) mass is 259 g/mol. The van der Waals surface area contributed by atoms with Crippen LogP contribution in [-0.4, -0.2) is 34.9 Å². The van der Waals surface area contributed by atoms with Crippen molar-refractivity contribution in [2.24, 2.45) is 5.73 Å². The van der Waals surface area contributed by atoms with E-state index in [1.165, 1.54) is 6.39 Å². The Balaban J connectivity index is 1.71. The molecule has 0 saturated carbocycles. The minimum Gasteiger partial charge on any atom is -0.443 e. The van der Waals surface area contributed by atoms with Gasteiger partial charge in [0, 0.05) is 19.1 Å². The van der Waals surface area contributed by atoms with E-state index >= 15 is 0 Å². The molecule has 1 unspecified atom stereocenters. The van der Waals surface area contributed by atoms with E-state index in [9.17, 15) is 4.79 Å². The van der Waals surface area contributed by atoms with Gasteiger partial charge in [0.25, 0.3) is 0 Å². The van der Waals surface area contributed by atoms with Crippen LogP contribution in [0.1, 0.15) is 18.4 Å². The van der Waals surface area contributed by atoms with E-state index in [1.807, 2.05) is 23.1 Å². The van der Waals surface area contributed by atoms with Crippen LogP contribution in [0, 0.1) is 0 Å². The van der Waals surface area contributed by atoms with Crippen LogP contribution in [-0.2, 0) is 11.2 Å². The molecule has 100 valence electrons. The van der Waals surface area contributed by atoms with Crippen LogP contribution in [0.2, 0.25) is 0 Å². The first-order valence-corrected chi connectivity index (χ1v) is 6.58. The topological polar surface area (TPSA) is 72.4 Å². The number of amides is 1. The average molecular weight is 259 g/mol. The van der Waals surface area contributed by atoms with E-state index in [0.29, 0.717) is 13.0 Å². The summed E-state index contributed by atoms with van der Waals surface area (Å²) in [7, 11) is 0. The first kappa shape index (κ1) is 12.2. The molecule has 2 heterocycles. The van der Waals surface area contributed by atoms with Crippen LogP contribution in [0.3, 0.4) is 0 Å². The lowest BCUT2D eigenvalue weighted by Gasteiger charge is -2.30. The van der Waals surface area contributed by atoms with Crippen molar-refractivity contribution in [1.82, 2.24) is 9.88 Å². The normalized spacial score (nSPS) is 19.8. The smallest absolute Gasteiger partial charge is 0.227 e. The Kier molecular flexibility index (Phi) is 3.21. The molecule has 1 aromatic heterocycles. The Morgan fingerprint density at radius 3 is 3.26 bits per heavy atom. The van der Waals surface area contributed by atoms with Crippen molar-refractivity contribution in [3.8, 4) is 0 Å². The van der Waals surface area contributed by atoms with Crippen molar-refractivity contribution >= 4 is 17.0 Å². The van der Waals surface area contributed by atoms with Gasteiger partial charge in [-0.05, 0) is 30.5 Å². The average Bonchev–Trinajstić information content (AvgIpc) is 2.86. The predicted octanol–water partition coefficient (Wildman–Crippen LogP) is 1.32. The van der Waals surface area contributed by atoms with E-state index in [2.05, 4.69) is 4.98 Å². The van der Waals surface area contributed by atoms with Crippen LogP contribution in [0.15, 0.2) is 29.0 Å². The quantitative estimate of drug-likeness (QED) is 0.882.